The number of benzene rings is 1. The van der Waals surface area contributed by atoms with E-state index in [0.717, 1.165) is 12.1 Å². The summed E-state index contributed by atoms with van der Waals surface area (Å²) >= 11 is 6.26. The number of sulfonamides is 1. The summed E-state index contributed by atoms with van der Waals surface area (Å²) in [6.45, 7) is 1.68. The highest BCUT2D eigenvalue weighted by atomic mass is 79.9. The lowest BCUT2D eigenvalue weighted by molar-refractivity contribution is 0.570. The third kappa shape index (κ3) is 3.53. The second kappa shape index (κ2) is 5.90. The summed E-state index contributed by atoms with van der Waals surface area (Å²) in [7, 11) is -4.12. The van der Waals surface area contributed by atoms with Crippen LogP contribution in [-0.4, -0.2) is 13.4 Å². The van der Waals surface area contributed by atoms with Gasteiger partial charge in [0.25, 0.3) is 10.0 Å². The van der Waals surface area contributed by atoms with Crippen LogP contribution < -0.4 is 10.5 Å². The van der Waals surface area contributed by atoms with E-state index >= 15 is 0 Å². The highest BCUT2D eigenvalue weighted by Crippen LogP contribution is 2.28. The summed E-state index contributed by atoms with van der Waals surface area (Å²) in [5.74, 6) is -0.780. The van der Waals surface area contributed by atoms with Crippen LogP contribution in [0.2, 0.25) is 0 Å². The van der Waals surface area contributed by atoms with Crippen LogP contribution in [0.4, 0.5) is 15.9 Å². The summed E-state index contributed by atoms with van der Waals surface area (Å²) in [6, 6.07) is 3.75. The maximum absolute atomic E-state index is 13.9. The van der Waals surface area contributed by atoms with E-state index in [-0.39, 0.29) is 16.0 Å². The molecule has 0 bridgehead atoms. The molecule has 1 aromatic heterocycles. The van der Waals surface area contributed by atoms with Crippen molar-refractivity contribution >= 4 is 53.4 Å². The molecule has 0 aliphatic heterocycles. The molecule has 0 amide bonds. The van der Waals surface area contributed by atoms with Crippen molar-refractivity contribution in [1.82, 2.24) is 4.98 Å². The number of aryl methyl sites for hydroxylation is 1. The first kappa shape index (κ1) is 16.2. The zero-order valence-electron chi connectivity index (χ0n) is 10.7. The van der Waals surface area contributed by atoms with E-state index < -0.39 is 20.7 Å². The Morgan fingerprint density at radius 3 is 2.57 bits per heavy atom. The molecule has 0 aliphatic rings. The Hall–Kier alpha value is -1.19. The predicted molar refractivity (Wildman–Crippen MR) is 86.0 cm³/mol. The molecule has 0 aliphatic carbocycles. The van der Waals surface area contributed by atoms with E-state index in [4.69, 9.17) is 5.73 Å². The summed E-state index contributed by atoms with van der Waals surface area (Å²) in [4.78, 5) is 3.42. The average molecular weight is 439 g/mol. The summed E-state index contributed by atoms with van der Waals surface area (Å²) in [5, 5.41) is 0. The fourth-order valence-corrected chi connectivity index (χ4v) is 3.52. The third-order valence-electron chi connectivity index (χ3n) is 2.62. The van der Waals surface area contributed by atoms with Crippen molar-refractivity contribution in [2.24, 2.45) is 0 Å². The van der Waals surface area contributed by atoms with Crippen molar-refractivity contribution in [2.45, 2.75) is 11.8 Å². The van der Waals surface area contributed by atoms with Crippen molar-refractivity contribution in [3.05, 3.63) is 44.7 Å². The van der Waals surface area contributed by atoms with Crippen LogP contribution in [0, 0.1) is 12.7 Å². The molecule has 1 heterocycles. The molecule has 0 atom stereocenters. The lowest BCUT2D eigenvalue weighted by Crippen LogP contribution is -2.16. The molecule has 112 valence electrons. The highest BCUT2D eigenvalue weighted by Gasteiger charge is 2.22. The minimum Gasteiger partial charge on any atom is -0.398 e. The Bertz CT molecular complexity index is 812. The van der Waals surface area contributed by atoms with Gasteiger partial charge in [0, 0.05) is 20.8 Å². The maximum atomic E-state index is 13.9. The molecule has 9 heteroatoms. The first-order chi connectivity index (χ1) is 9.70. The van der Waals surface area contributed by atoms with Gasteiger partial charge in [-0.05, 0) is 62.5 Å². The topological polar surface area (TPSA) is 85.1 Å². The molecule has 0 saturated carbocycles. The summed E-state index contributed by atoms with van der Waals surface area (Å²) < 4.78 is 41.6. The second-order valence-electron chi connectivity index (χ2n) is 4.23. The third-order valence-corrected chi connectivity index (χ3v) is 5.09. The Balaban J connectivity index is 2.46. The Labute approximate surface area is 138 Å². The second-order valence-corrected chi connectivity index (χ2v) is 7.65. The lowest BCUT2D eigenvalue weighted by Gasteiger charge is -2.11. The molecule has 1 aromatic carbocycles. The minimum absolute atomic E-state index is 0.122. The molecular weight excluding hydrogens is 429 g/mol. The molecular formula is C12H10Br2FN3O2S. The van der Waals surface area contributed by atoms with Gasteiger partial charge in [-0.1, -0.05) is 0 Å². The van der Waals surface area contributed by atoms with Gasteiger partial charge >= 0.3 is 0 Å². The first-order valence-corrected chi connectivity index (χ1v) is 8.67. The fraction of sp³-hybridized carbons (Fsp3) is 0.0833. The number of nitrogens with zero attached hydrogens (tertiary/aromatic N) is 1. The molecule has 2 rings (SSSR count). The van der Waals surface area contributed by atoms with Crippen LogP contribution in [0.3, 0.4) is 0 Å². The number of anilines is 2. The van der Waals surface area contributed by atoms with E-state index in [1.165, 1.54) is 6.20 Å². The van der Waals surface area contributed by atoms with Gasteiger partial charge in [-0.3, -0.25) is 4.72 Å². The van der Waals surface area contributed by atoms with E-state index in [0.29, 0.717) is 10.0 Å². The number of nitrogen functional groups attached to an aromatic ring is 1. The van der Waals surface area contributed by atoms with E-state index in [9.17, 15) is 12.8 Å². The van der Waals surface area contributed by atoms with Gasteiger partial charge in [-0.15, -0.1) is 0 Å². The molecule has 0 unspecified atom stereocenters. The van der Waals surface area contributed by atoms with Crippen molar-refractivity contribution in [3.63, 3.8) is 0 Å². The van der Waals surface area contributed by atoms with E-state index in [2.05, 4.69) is 41.6 Å². The van der Waals surface area contributed by atoms with Crippen LogP contribution in [-0.2, 0) is 10.0 Å². The number of nitrogens with two attached hydrogens (primary N) is 1. The smallest absolute Gasteiger partial charge is 0.266 e. The first-order valence-electron chi connectivity index (χ1n) is 5.60. The van der Waals surface area contributed by atoms with Crippen LogP contribution in [0.5, 0.6) is 0 Å². The predicted octanol–water partition coefficient (Wildman–Crippen LogP) is 3.44. The minimum atomic E-state index is -4.12. The quantitative estimate of drug-likeness (QED) is 0.718. The van der Waals surface area contributed by atoms with Gasteiger partial charge in [0.05, 0.1) is 0 Å². The fourth-order valence-electron chi connectivity index (χ4n) is 1.58. The highest BCUT2D eigenvalue weighted by molar-refractivity contribution is 9.10. The van der Waals surface area contributed by atoms with Gasteiger partial charge in [-0.25, -0.2) is 17.8 Å². The molecule has 0 radical (unpaired) electrons. The van der Waals surface area contributed by atoms with Gasteiger partial charge in [0.2, 0.25) is 0 Å². The number of rotatable bonds is 3. The van der Waals surface area contributed by atoms with E-state index in [1.807, 2.05) is 0 Å². The lowest BCUT2D eigenvalue weighted by atomic mass is 10.3. The molecule has 0 fully saturated rings. The van der Waals surface area contributed by atoms with Gasteiger partial charge in [-0.2, -0.15) is 0 Å². The molecule has 0 spiro atoms. The number of halogens is 3. The number of hydrogen-bond acceptors (Lipinski definition) is 4. The largest absolute Gasteiger partial charge is 0.398 e. The van der Waals surface area contributed by atoms with Crippen LogP contribution >= 0.6 is 31.9 Å². The van der Waals surface area contributed by atoms with Gasteiger partial charge < -0.3 is 5.73 Å². The number of nitrogens with one attached hydrogen (secondary N) is 1. The van der Waals surface area contributed by atoms with Crippen LogP contribution in [0.15, 0.2) is 38.2 Å². The number of hydrogen-bond donors (Lipinski definition) is 2. The molecule has 21 heavy (non-hydrogen) atoms. The number of aromatic nitrogens is 1. The SMILES string of the molecule is Cc1cc(Br)cnc1NS(=O)(=O)c1cc(N)c(Br)cc1F. The maximum Gasteiger partial charge on any atom is 0.266 e. The zero-order valence-corrected chi connectivity index (χ0v) is 14.7. The van der Waals surface area contributed by atoms with Gasteiger partial charge in [0.15, 0.2) is 0 Å². The van der Waals surface area contributed by atoms with Gasteiger partial charge in [0.1, 0.15) is 16.5 Å². The average Bonchev–Trinajstić information content (AvgIpc) is 2.37. The van der Waals surface area contributed by atoms with Crippen molar-refractivity contribution in [3.8, 4) is 0 Å². The standard InChI is InChI=1S/C12H10Br2FN3O2S/c1-6-2-7(13)5-17-12(6)18-21(19,20)11-4-10(16)8(14)3-9(11)15/h2-5H,16H2,1H3,(H,17,18). The normalized spacial score (nSPS) is 11.4. The molecule has 5 nitrogen and oxygen atoms in total. The molecule has 2 aromatic rings. The number of pyridine rings is 1. The van der Waals surface area contributed by atoms with Crippen molar-refractivity contribution in [2.75, 3.05) is 10.5 Å². The monoisotopic (exact) mass is 437 g/mol. The molecule has 3 N–H and O–H groups in total. The summed E-state index contributed by atoms with van der Waals surface area (Å²) in [5.41, 5.74) is 6.32. The van der Waals surface area contributed by atoms with Crippen LogP contribution in [0.1, 0.15) is 5.56 Å². The Kier molecular flexibility index (Phi) is 4.54. The zero-order chi connectivity index (χ0) is 15.8. The summed E-state index contributed by atoms with van der Waals surface area (Å²) in [6.07, 6.45) is 1.44. The van der Waals surface area contributed by atoms with Crippen molar-refractivity contribution in [1.29, 1.82) is 0 Å². The Morgan fingerprint density at radius 1 is 1.29 bits per heavy atom. The Morgan fingerprint density at radius 2 is 1.95 bits per heavy atom. The molecule has 0 saturated heterocycles. The van der Waals surface area contributed by atoms with Crippen LogP contribution in [0.25, 0.3) is 0 Å². The van der Waals surface area contributed by atoms with Crippen molar-refractivity contribution < 1.29 is 12.8 Å². The van der Waals surface area contributed by atoms with E-state index in [1.54, 1.807) is 13.0 Å².